The maximum absolute atomic E-state index is 12.9. The van der Waals surface area contributed by atoms with E-state index < -0.39 is 5.79 Å². The first-order valence-electron chi connectivity index (χ1n) is 7.56. The van der Waals surface area contributed by atoms with Crippen LogP contribution < -0.4 is 0 Å². The minimum atomic E-state index is -1.15. The Hall–Kier alpha value is -1.85. The van der Waals surface area contributed by atoms with Gasteiger partial charge in [0.25, 0.3) is 0 Å². The molecular weight excluding hydrogens is 296 g/mol. The number of methoxy groups -OCH3 is 4. The van der Waals surface area contributed by atoms with Crippen LogP contribution in [0.2, 0.25) is 0 Å². The minimum absolute atomic E-state index is 0.0922. The molecule has 0 saturated carbocycles. The summed E-state index contributed by atoms with van der Waals surface area (Å²) in [5.41, 5.74) is 1.08. The number of Topliss-reactive ketones (excluding diaryl/α,β-unsaturated/α-hetero) is 1. The smallest absolute Gasteiger partial charge is 0.234 e. The predicted molar refractivity (Wildman–Crippen MR) is 85.6 cm³/mol. The van der Waals surface area contributed by atoms with Gasteiger partial charge in [-0.1, -0.05) is 37.3 Å². The molecule has 1 aromatic carbocycles. The Balaban J connectivity index is 2.50. The van der Waals surface area contributed by atoms with Crippen molar-refractivity contribution < 1.29 is 23.7 Å². The van der Waals surface area contributed by atoms with Gasteiger partial charge in [-0.2, -0.15) is 0 Å². The Bertz CT molecular complexity index is 574. The van der Waals surface area contributed by atoms with Crippen molar-refractivity contribution in [3.05, 3.63) is 47.4 Å². The van der Waals surface area contributed by atoms with Crippen molar-refractivity contribution in [1.29, 1.82) is 0 Å². The zero-order valence-corrected chi connectivity index (χ0v) is 14.3. The number of ketones is 1. The van der Waals surface area contributed by atoms with E-state index in [-0.39, 0.29) is 29.1 Å². The van der Waals surface area contributed by atoms with Crippen molar-refractivity contribution in [2.45, 2.75) is 19.1 Å². The molecule has 0 unspecified atom stereocenters. The first-order valence-corrected chi connectivity index (χ1v) is 7.56. The molecule has 1 aliphatic carbocycles. The summed E-state index contributed by atoms with van der Waals surface area (Å²) in [5.74, 6) is -1.36. The van der Waals surface area contributed by atoms with Gasteiger partial charge in [-0.3, -0.25) is 4.79 Å². The lowest BCUT2D eigenvalue weighted by Crippen LogP contribution is -2.53. The van der Waals surface area contributed by atoms with Gasteiger partial charge >= 0.3 is 0 Å². The van der Waals surface area contributed by atoms with Crippen molar-refractivity contribution in [3.8, 4) is 0 Å². The number of hydrogen-bond acceptors (Lipinski definition) is 5. The van der Waals surface area contributed by atoms with Crippen LogP contribution in [0.5, 0.6) is 0 Å². The number of benzene rings is 1. The fourth-order valence-electron chi connectivity index (χ4n) is 3.34. The molecule has 0 spiro atoms. The lowest BCUT2D eigenvalue weighted by atomic mass is 9.74. The fourth-order valence-corrected chi connectivity index (χ4v) is 3.34. The van der Waals surface area contributed by atoms with Crippen molar-refractivity contribution in [1.82, 2.24) is 0 Å². The number of hydrogen-bond donors (Lipinski definition) is 0. The third-order valence-corrected chi connectivity index (χ3v) is 4.60. The minimum Gasteiger partial charge on any atom is -0.492 e. The normalized spacial score (nSPS) is 23.8. The second kappa shape index (κ2) is 7.15. The van der Waals surface area contributed by atoms with Crippen LogP contribution >= 0.6 is 0 Å². The van der Waals surface area contributed by atoms with E-state index in [2.05, 4.69) is 0 Å². The molecule has 126 valence electrons. The van der Waals surface area contributed by atoms with Gasteiger partial charge in [0.05, 0.1) is 14.2 Å². The third kappa shape index (κ3) is 2.86. The van der Waals surface area contributed by atoms with Crippen LogP contribution in [0.1, 0.15) is 12.5 Å². The Kier molecular flexibility index (Phi) is 5.44. The van der Waals surface area contributed by atoms with Crippen LogP contribution in [-0.4, -0.2) is 40.0 Å². The Labute approximate surface area is 137 Å². The number of rotatable bonds is 6. The maximum atomic E-state index is 12.9. The summed E-state index contributed by atoms with van der Waals surface area (Å²) in [7, 11) is 6.03. The van der Waals surface area contributed by atoms with Gasteiger partial charge in [-0.05, 0) is 12.0 Å². The topological polar surface area (TPSA) is 54.0 Å². The zero-order valence-electron chi connectivity index (χ0n) is 14.3. The highest BCUT2D eigenvalue weighted by molar-refractivity contribution is 5.97. The van der Waals surface area contributed by atoms with E-state index in [9.17, 15) is 4.79 Å². The molecule has 0 radical (unpaired) electrons. The van der Waals surface area contributed by atoms with Gasteiger partial charge in [0.1, 0.15) is 0 Å². The summed E-state index contributed by atoms with van der Waals surface area (Å²) >= 11 is 0. The SMILES string of the molecule is COC1=C(OC)C(OC)(OC)[C@@H](C)[C@@H](Cc2ccccc2)C1=O. The van der Waals surface area contributed by atoms with Gasteiger partial charge in [0.15, 0.2) is 0 Å². The highest BCUT2D eigenvalue weighted by atomic mass is 16.7. The Morgan fingerprint density at radius 1 is 1.00 bits per heavy atom. The van der Waals surface area contributed by atoms with E-state index in [4.69, 9.17) is 18.9 Å². The van der Waals surface area contributed by atoms with Crippen LogP contribution in [0.4, 0.5) is 0 Å². The van der Waals surface area contributed by atoms with E-state index in [0.29, 0.717) is 6.42 Å². The zero-order chi connectivity index (χ0) is 17.0. The summed E-state index contributed by atoms with van der Waals surface area (Å²) in [5, 5.41) is 0. The maximum Gasteiger partial charge on any atom is 0.234 e. The first-order chi connectivity index (χ1) is 11.1. The lowest BCUT2D eigenvalue weighted by Gasteiger charge is -2.44. The monoisotopic (exact) mass is 320 g/mol. The lowest BCUT2D eigenvalue weighted by molar-refractivity contribution is -0.245. The van der Waals surface area contributed by atoms with Gasteiger partial charge in [0.2, 0.25) is 23.1 Å². The molecule has 0 amide bonds. The van der Waals surface area contributed by atoms with Crippen molar-refractivity contribution in [3.63, 3.8) is 0 Å². The van der Waals surface area contributed by atoms with Gasteiger partial charge in [0, 0.05) is 26.1 Å². The summed E-state index contributed by atoms with van der Waals surface area (Å²) in [4.78, 5) is 12.9. The second-order valence-electron chi connectivity index (χ2n) is 5.59. The predicted octanol–water partition coefficient (Wildman–Crippen LogP) is 2.56. The summed E-state index contributed by atoms with van der Waals surface area (Å²) < 4.78 is 22.1. The molecule has 0 aromatic heterocycles. The molecule has 5 heteroatoms. The molecule has 2 rings (SSSR count). The van der Waals surface area contributed by atoms with Gasteiger partial charge in [-0.15, -0.1) is 0 Å². The molecule has 23 heavy (non-hydrogen) atoms. The molecule has 0 N–H and O–H groups in total. The van der Waals surface area contributed by atoms with Crippen LogP contribution in [-0.2, 0) is 30.2 Å². The van der Waals surface area contributed by atoms with E-state index in [1.807, 2.05) is 37.3 Å². The summed E-state index contributed by atoms with van der Waals surface area (Å²) in [6, 6.07) is 9.88. The van der Waals surface area contributed by atoms with E-state index in [0.717, 1.165) is 5.56 Å². The second-order valence-corrected chi connectivity index (χ2v) is 5.59. The number of carbonyl (C=O) groups is 1. The van der Waals surface area contributed by atoms with Crippen LogP contribution in [0.3, 0.4) is 0 Å². The quantitative estimate of drug-likeness (QED) is 0.754. The largest absolute Gasteiger partial charge is 0.492 e. The molecule has 0 saturated heterocycles. The summed E-state index contributed by atoms with van der Waals surface area (Å²) in [6.07, 6.45) is 0.583. The molecule has 1 aromatic rings. The van der Waals surface area contributed by atoms with E-state index >= 15 is 0 Å². The molecule has 0 fully saturated rings. The van der Waals surface area contributed by atoms with Crippen LogP contribution in [0.15, 0.2) is 41.9 Å². The number of ether oxygens (including phenoxy) is 4. The van der Waals surface area contributed by atoms with Crippen LogP contribution in [0.25, 0.3) is 0 Å². The average molecular weight is 320 g/mol. The van der Waals surface area contributed by atoms with E-state index in [1.165, 1.54) is 14.2 Å². The fraction of sp³-hybridized carbons (Fsp3) is 0.500. The average Bonchev–Trinajstić information content (AvgIpc) is 2.59. The third-order valence-electron chi connectivity index (χ3n) is 4.60. The molecular formula is C18H24O5. The molecule has 0 heterocycles. The Morgan fingerprint density at radius 2 is 1.61 bits per heavy atom. The number of allylic oxidation sites excluding steroid dienone is 1. The van der Waals surface area contributed by atoms with Crippen molar-refractivity contribution in [2.75, 3.05) is 28.4 Å². The molecule has 2 atom stereocenters. The van der Waals surface area contributed by atoms with E-state index in [1.54, 1.807) is 14.2 Å². The molecule has 0 aliphatic heterocycles. The Morgan fingerprint density at radius 3 is 2.09 bits per heavy atom. The number of carbonyl (C=O) groups excluding carboxylic acids is 1. The first kappa shape index (κ1) is 17.5. The van der Waals surface area contributed by atoms with Gasteiger partial charge in [-0.25, -0.2) is 0 Å². The van der Waals surface area contributed by atoms with Gasteiger partial charge < -0.3 is 18.9 Å². The van der Waals surface area contributed by atoms with Crippen LogP contribution in [0, 0.1) is 11.8 Å². The van der Waals surface area contributed by atoms with Crippen molar-refractivity contribution in [2.24, 2.45) is 11.8 Å². The standard InChI is InChI=1S/C18H24O5/c1-12-14(11-13-9-7-6-8-10-13)15(19)16(20-2)17(21-3)18(12,22-4)23-5/h6-10,12,14H,11H2,1-5H3/t12-,14+/m0/s1. The molecule has 1 aliphatic rings. The van der Waals surface area contributed by atoms with Crippen molar-refractivity contribution >= 4 is 5.78 Å². The summed E-state index contributed by atoms with van der Waals surface area (Å²) in [6.45, 7) is 1.93. The highest BCUT2D eigenvalue weighted by Crippen LogP contribution is 2.44. The highest BCUT2D eigenvalue weighted by Gasteiger charge is 2.55. The molecule has 5 nitrogen and oxygen atoms in total. The molecule has 0 bridgehead atoms.